The van der Waals surface area contributed by atoms with Crippen LogP contribution < -0.4 is 0 Å². The Hall–Kier alpha value is -1.98. The molecule has 3 aromatic rings. The van der Waals surface area contributed by atoms with Gasteiger partial charge in [0.15, 0.2) is 0 Å². The van der Waals surface area contributed by atoms with Crippen molar-refractivity contribution < 1.29 is 9.53 Å². The molecule has 0 fully saturated rings. The average molecular weight is 329 g/mol. The lowest BCUT2D eigenvalue weighted by atomic mass is 10.2. The zero-order valence-corrected chi connectivity index (χ0v) is 14.0. The Balaban J connectivity index is 1.66. The second kappa shape index (κ2) is 6.42. The van der Waals surface area contributed by atoms with Gasteiger partial charge in [-0.2, -0.15) is 0 Å². The highest BCUT2D eigenvalue weighted by Crippen LogP contribution is 2.24. The number of rotatable bonds is 4. The summed E-state index contributed by atoms with van der Waals surface area (Å²) in [5.41, 5.74) is 2.51. The monoisotopic (exact) mass is 329 g/mol. The van der Waals surface area contributed by atoms with Crippen LogP contribution in [0, 0.1) is 13.8 Å². The van der Waals surface area contributed by atoms with Gasteiger partial charge in [-0.25, -0.2) is 9.78 Å². The van der Waals surface area contributed by atoms with E-state index in [4.69, 9.17) is 4.74 Å². The Bertz CT molecular complexity index is 790. The van der Waals surface area contributed by atoms with Gasteiger partial charge < -0.3 is 4.74 Å². The van der Waals surface area contributed by atoms with Crippen LogP contribution in [0.25, 0.3) is 10.6 Å². The molecule has 2 aromatic heterocycles. The molecule has 3 nitrogen and oxygen atoms in total. The molecule has 0 aliphatic rings. The van der Waals surface area contributed by atoms with Gasteiger partial charge in [0.1, 0.15) is 11.6 Å². The van der Waals surface area contributed by atoms with Gasteiger partial charge in [0, 0.05) is 20.7 Å². The Labute approximate surface area is 137 Å². The van der Waals surface area contributed by atoms with E-state index in [0.29, 0.717) is 5.56 Å². The van der Waals surface area contributed by atoms with Crippen molar-refractivity contribution in [2.45, 2.75) is 20.5 Å². The smallest absolute Gasteiger partial charge is 0.339 e. The van der Waals surface area contributed by atoms with Crippen LogP contribution in [-0.4, -0.2) is 11.0 Å². The average Bonchev–Trinajstić information content (AvgIpc) is 3.12. The lowest BCUT2D eigenvalue weighted by molar-refractivity contribution is 0.0468. The predicted octanol–water partition coefficient (Wildman–Crippen LogP) is 4.85. The van der Waals surface area contributed by atoms with E-state index >= 15 is 0 Å². The van der Waals surface area contributed by atoms with Gasteiger partial charge in [0.25, 0.3) is 0 Å². The number of benzene rings is 1. The van der Waals surface area contributed by atoms with E-state index in [2.05, 4.69) is 4.98 Å². The summed E-state index contributed by atoms with van der Waals surface area (Å²) in [7, 11) is 0. The molecule has 0 N–H and O–H groups in total. The molecule has 0 aliphatic carbocycles. The molecule has 0 aliphatic heterocycles. The second-order valence-electron chi connectivity index (χ2n) is 4.91. The van der Waals surface area contributed by atoms with Gasteiger partial charge in [-0.05, 0) is 19.9 Å². The summed E-state index contributed by atoms with van der Waals surface area (Å²) < 4.78 is 5.37. The SMILES string of the molecule is Cc1cc(C(=O)OCc2csc(-c3ccccc3)n2)c(C)s1. The van der Waals surface area contributed by atoms with Gasteiger partial charge in [-0.1, -0.05) is 30.3 Å². The first-order valence-corrected chi connectivity index (χ1v) is 8.57. The maximum Gasteiger partial charge on any atom is 0.339 e. The number of ether oxygens (including phenoxy) is 1. The zero-order valence-electron chi connectivity index (χ0n) is 12.3. The number of hydrogen-bond acceptors (Lipinski definition) is 5. The van der Waals surface area contributed by atoms with Gasteiger partial charge in [0.2, 0.25) is 0 Å². The van der Waals surface area contributed by atoms with E-state index in [0.717, 1.165) is 26.0 Å². The number of nitrogens with zero attached hydrogens (tertiary/aromatic N) is 1. The summed E-state index contributed by atoms with van der Waals surface area (Å²) in [6.45, 7) is 4.13. The standard InChI is InChI=1S/C17H15NO2S2/c1-11-8-15(12(2)22-11)17(19)20-9-14-10-21-16(18-14)13-6-4-3-5-7-13/h3-8,10H,9H2,1-2H3. The molecule has 0 radical (unpaired) electrons. The molecule has 22 heavy (non-hydrogen) atoms. The summed E-state index contributed by atoms with van der Waals surface area (Å²) in [5.74, 6) is -0.281. The van der Waals surface area contributed by atoms with E-state index in [1.807, 2.05) is 55.6 Å². The van der Waals surface area contributed by atoms with Crippen LogP contribution in [-0.2, 0) is 11.3 Å². The third-order valence-electron chi connectivity index (χ3n) is 3.18. The Morgan fingerprint density at radius 1 is 1.23 bits per heavy atom. The number of carbonyl (C=O) groups excluding carboxylic acids is 1. The molecule has 0 saturated heterocycles. The molecular formula is C17H15NO2S2. The van der Waals surface area contributed by atoms with Crippen LogP contribution in [0.4, 0.5) is 0 Å². The van der Waals surface area contributed by atoms with E-state index in [9.17, 15) is 4.79 Å². The Morgan fingerprint density at radius 2 is 2.00 bits per heavy atom. The lowest BCUT2D eigenvalue weighted by Gasteiger charge is -2.02. The topological polar surface area (TPSA) is 39.2 Å². The van der Waals surface area contributed by atoms with Crippen molar-refractivity contribution in [3.8, 4) is 10.6 Å². The molecule has 0 amide bonds. The van der Waals surface area contributed by atoms with Crippen molar-refractivity contribution in [1.29, 1.82) is 0 Å². The lowest BCUT2D eigenvalue weighted by Crippen LogP contribution is -2.05. The van der Waals surface area contributed by atoms with Crippen molar-refractivity contribution in [2.75, 3.05) is 0 Å². The number of thiazole rings is 1. The molecule has 5 heteroatoms. The van der Waals surface area contributed by atoms with Crippen LogP contribution >= 0.6 is 22.7 Å². The number of hydrogen-bond donors (Lipinski definition) is 0. The molecule has 0 saturated carbocycles. The highest BCUT2D eigenvalue weighted by atomic mass is 32.1. The van der Waals surface area contributed by atoms with Gasteiger partial charge >= 0.3 is 5.97 Å². The minimum Gasteiger partial charge on any atom is -0.456 e. The third kappa shape index (κ3) is 3.26. The molecule has 3 rings (SSSR count). The predicted molar refractivity (Wildman–Crippen MR) is 90.5 cm³/mol. The summed E-state index contributed by atoms with van der Waals surface area (Å²) >= 11 is 3.16. The summed E-state index contributed by atoms with van der Waals surface area (Å²) in [6, 6.07) is 11.9. The van der Waals surface area contributed by atoms with E-state index < -0.39 is 0 Å². The molecule has 0 bridgehead atoms. The fourth-order valence-electron chi connectivity index (χ4n) is 2.14. The van der Waals surface area contributed by atoms with Gasteiger partial charge in [-0.3, -0.25) is 0 Å². The molecule has 2 heterocycles. The number of carbonyl (C=O) groups is 1. The summed E-state index contributed by atoms with van der Waals surface area (Å²) in [4.78, 5) is 18.7. The second-order valence-corrected chi connectivity index (χ2v) is 7.23. The number of thiophene rings is 1. The highest BCUT2D eigenvalue weighted by molar-refractivity contribution is 7.13. The molecule has 0 unspecified atom stereocenters. The first-order valence-electron chi connectivity index (χ1n) is 6.87. The van der Waals surface area contributed by atoms with Crippen molar-refractivity contribution >= 4 is 28.6 Å². The van der Waals surface area contributed by atoms with Crippen LogP contribution in [0.15, 0.2) is 41.8 Å². The third-order valence-corrected chi connectivity index (χ3v) is 5.09. The quantitative estimate of drug-likeness (QED) is 0.643. The zero-order chi connectivity index (χ0) is 15.5. The van der Waals surface area contributed by atoms with Crippen LogP contribution in [0.5, 0.6) is 0 Å². The largest absolute Gasteiger partial charge is 0.456 e. The van der Waals surface area contributed by atoms with Crippen molar-refractivity contribution in [2.24, 2.45) is 0 Å². The van der Waals surface area contributed by atoms with Gasteiger partial charge in [0.05, 0.1) is 11.3 Å². The van der Waals surface area contributed by atoms with Crippen molar-refractivity contribution in [3.63, 3.8) is 0 Å². The summed E-state index contributed by atoms with van der Waals surface area (Å²) in [5, 5.41) is 2.87. The number of aryl methyl sites for hydroxylation is 2. The van der Waals surface area contributed by atoms with Crippen molar-refractivity contribution in [1.82, 2.24) is 4.98 Å². The van der Waals surface area contributed by atoms with E-state index in [1.165, 1.54) is 0 Å². The fourth-order valence-corrected chi connectivity index (χ4v) is 3.86. The van der Waals surface area contributed by atoms with Crippen molar-refractivity contribution in [3.05, 3.63) is 62.8 Å². The maximum atomic E-state index is 12.1. The Morgan fingerprint density at radius 3 is 2.68 bits per heavy atom. The van der Waals surface area contributed by atoms with Crippen LogP contribution in [0.3, 0.4) is 0 Å². The Kier molecular flexibility index (Phi) is 4.36. The first-order chi connectivity index (χ1) is 10.6. The van der Waals surface area contributed by atoms with Crippen LogP contribution in [0.2, 0.25) is 0 Å². The number of esters is 1. The minimum atomic E-state index is -0.281. The normalized spacial score (nSPS) is 10.6. The highest BCUT2D eigenvalue weighted by Gasteiger charge is 2.14. The maximum absolute atomic E-state index is 12.1. The minimum absolute atomic E-state index is 0.205. The first kappa shape index (κ1) is 14.9. The fraction of sp³-hybridized carbons (Fsp3) is 0.176. The molecule has 112 valence electrons. The molecular weight excluding hydrogens is 314 g/mol. The molecule has 0 spiro atoms. The van der Waals surface area contributed by atoms with E-state index in [1.54, 1.807) is 22.7 Å². The molecule has 0 atom stereocenters. The van der Waals surface area contributed by atoms with Gasteiger partial charge in [-0.15, -0.1) is 22.7 Å². The summed E-state index contributed by atoms with van der Waals surface area (Å²) in [6.07, 6.45) is 0. The van der Waals surface area contributed by atoms with Crippen LogP contribution in [0.1, 0.15) is 25.8 Å². The molecule has 1 aromatic carbocycles. The number of aromatic nitrogens is 1. The van der Waals surface area contributed by atoms with E-state index in [-0.39, 0.29) is 12.6 Å².